The topological polar surface area (TPSA) is 12.9 Å². The molecule has 3 heteroatoms. The van der Waals surface area contributed by atoms with E-state index in [2.05, 4.69) is 45.9 Å². The quantitative estimate of drug-likeness (QED) is 0.260. The Morgan fingerprint density at radius 3 is 2.41 bits per heavy atom. The molecular formula is C26H22FNS. The number of nitrogens with zero attached hydrogens (tertiary/aromatic N) is 1. The Kier molecular flexibility index (Phi) is 4.01. The summed E-state index contributed by atoms with van der Waals surface area (Å²) in [5, 5.41) is 4.93. The zero-order chi connectivity index (χ0) is 20.3. The van der Waals surface area contributed by atoms with E-state index in [1.165, 1.54) is 26.6 Å². The van der Waals surface area contributed by atoms with Crippen molar-refractivity contribution in [3.05, 3.63) is 77.1 Å². The van der Waals surface area contributed by atoms with E-state index < -0.39 is 0 Å². The lowest BCUT2D eigenvalue weighted by molar-refractivity contribution is 0.597. The Labute approximate surface area is 173 Å². The largest absolute Gasteiger partial charge is 0.256 e. The first-order valence-corrected chi connectivity index (χ1v) is 10.7. The molecule has 0 atom stereocenters. The lowest BCUT2D eigenvalue weighted by Crippen LogP contribution is -2.11. The fraction of sp³-hybridized carbons (Fsp3) is 0.192. The molecule has 0 radical (unpaired) electrons. The maximum absolute atomic E-state index is 14.3. The minimum atomic E-state index is -0.187. The van der Waals surface area contributed by atoms with Gasteiger partial charge in [0.2, 0.25) is 0 Å². The van der Waals surface area contributed by atoms with E-state index in [0.29, 0.717) is 5.39 Å². The average molecular weight is 400 g/mol. The van der Waals surface area contributed by atoms with Crippen molar-refractivity contribution < 1.29 is 4.39 Å². The molecule has 0 aliphatic carbocycles. The minimum absolute atomic E-state index is 0.0337. The number of hydrogen-bond donors (Lipinski definition) is 0. The van der Waals surface area contributed by atoms with Crippen molar-refractivity contribution in [3.8, 4) is 11.3 Å². The maximum Gasteiger partial charge on any atom is 0.131 e. The van der Waals surface area contributed by atoms with Crippen molar-refractivity contribution in [1.29, 1.82) is 0 Å². The number of benzene rings is 3. The molecule has 5 rings (SSSR count). The van der Waals surface area contributed by atoms with Crippen LogP contribution in [-0.4, -0.2) is 4.98 Å². The van der Waals surface area contributed by atoms with Gasteiger partial charge in [-0.25, -0.2) is 4.39 Å². The molecule has 0 spiro atoms. The highest BCUT2D eigenvalue weighted by molar-refractivity contribution is 7.19. The monoisotopic (exact) mass is 399 g/mol. The fourth-order valence-electron chi connectivity index (χ4n) is 4.19. The molecule has 0 aliphatic heterocycles. The van der Waals surface area contributed by atoms with Gasteiger partial charge in [0.1, 0.15) is 5.82 Å². The fourth-order valence-corrected chi connectivity index (χ4v) is 5.41. The smallest absolute Gasteiger partial charge is 0.131 e. The highest BCUT2D eigenvalue weighted by Crippen LogP contribution is 2.40. The molecule has 0 fully saturated rings. The highest BCUT2D eigenvalue weighted by Gasteiger charge is 2.21. The van der Waals surface area contributed by atoms with Gasteiger partial charge in [0.25, 0.3) is 0 Å². The normalized spacial score (nSPS) is 12.3. The number of pyridine rings is 1. The van der Waals surface area contributed by atoms with E-state index in [1.54, 1.807) is 6.07 Å². The van der Waals surface area contributed by atoms with Gasteiger partial charge in [0.05, 0.1) is 5.69 Å². The summed E-state index contributed by atoms with van der Waals surface area (Å²) in [5.74, 6) is -0.187. The molecule has 0 N–H and O–H groups in total. The van der Waals surface area contributed by atoms with Gasteiger partial charge in [-0.3, -0.25) is 4.98 Å². The number of aryl methyl sites for hydroxylation is 1. The van der Waals surface area contributed by atoms with E-state index in [0.717, 1.165) is 27.4 Å². The lowest BCUT2D eigenvalue weighted by atomic mass is 9.84. The highest BCUT2D eigenvalue weighted by atomic mass is 32.1. The number of aromatic nitrogens is 1. The standard InChI is InChI=1S/C26H22FNS/c1-15-12-17-13-16(14-22(25(17)29-15)26(2,3)4)24-21-9-8-20-18(6-5-7-23(20)27)19(21)10-11-28-24/h5-14H,1-4H3. The van der Waals surface area contributed by atoms with E-state index in [4.69, 9.17) is 4.98 Å². The summed E-state index contributed by atoms with van der Waals surface area (Å²) in [4.78, 5) is 6.07. The Morgan fingerprint density at radius 2 is 1.62 bits per heavy atom. The second kappa shape index (κ2) is 6.36. The van der Waals surface area contributed by atoms with Crippen LogP contribution in [0.4, 0.5) is 4.39 Å². The van der Waals surface area contributed by atoms with Crippen molar-refractivity contribution in [2.45, 2.75) is 33.1 Å². The Morgan fingerprint density at radius 1 is 0.862 bits per heavy atom. The van der Waals surface area contributed by atoms with Crippen LogP contribution in [0.15, 0.2) is 60.8 Å². The summed E-state index contributed by atoms with van der Waals surface area (Å²) in [6.45, 7) is 8.93. The van der Waals surface area contributed by atoms with Crippen LogP contribution in [0.5, 0.6) is 0 Å². The molecule has 0 amide bonds. The molecule has 2 heterocycles. The zero-order valence-electron chi connectivity index (χ0n) is 17.0. The molecular weight excluding hydrogens is 377 g/mol. The van der Waals surface area contributed by atoms with Gasteiger partial charge in [-0.05, 0) is 64.4 Å². The molecule has 0 aliphatic rings. The first-order chi connectivity index (χ1) is 13.8. The van der Waals surface area contributed by atoms with Crippen molar-refractivity contribution >= 4 is 43.0 Å². The molecule has 3 aromatic carbocycles. The molecule has 2 aromatic heterocycles. The summed E-state index contributed by atoms with van der Waals surface area (Å²) in [6, 6.07) is 17.9. The van der Waals surface area contributed by atoms with Gasteiger partial charge < -0.3 is 0 Å². The number of halogens is 1. The van der Waals surface area contributed by atoms with Gasteiger partial charge in [-0.15, -0.1) is 11.3 Å². The van der Waals surface area contributed by atoms with E-state index in [-0.39, 0.29) is 11.2 Å². The van der Waals surface area contributed by atoms with Crippen LogP contribution >= 0.6 is 11.3 Å². The predicted octanol–water partition coefficient (Wildman–Crippen LogP) is 8.01. The summed E-state index contributed by atoms with van der Waals surface area (Å²) >= 11 is 1.85. The SMILES string of the molecule is Cc1cc2cc(-c3nccc4c3ccc3c(F)cccc34)cc(C(C)(C)C)c2s1. The van der Waals surface area contributed by atoms with Gasteiger partial charge in [-0.1, -0.05) is 45.0 Å². The van der Waals surface area contributed by atoms with Gasteiger partial charge in [0, 0.05) is 32.1 Å². The van der Waals surface area contributed by atoms with Crippen LogP contribution in [-0.2, 0) is 5.41 Å². The first kappa shape index (κ1) is 18.3. The van der Waals surface area contributed by atoms with Crippen LogP contribution in [0, 0.1) is 12.7 Å². The van der Waals surface area contributed by atoms with Crippen molar-refractivity contribution in [1.82, 2.24) is 4.98 Å². The van der Waals surface area contributed by atoms with E-state index >= 15 is 0 Å². The van der Waals surface area contributed by atoms with Crippen LogP contribution < -0.4 is 0 Å². The first-order valence-electron chi connectivity index (χ1n) is 9.84. The van der Waals surface area contributed by atoms with E-state index in [1.807, 2.05) is 41.8 Å². The molecule has 144 valence electrons. The van der Waals surface area contributed by atoms with E-state index in [9.17, 15) is 4.39 Å². The number of hydrogen-bond acceptors (Lipinski definition) is 2. The Balaban J connectivity index is 1.85. The maximum atomic E-state index is 14.3. The summed E-state index contributed by atoms with van der Waals surface area (Å²) in [6.07, 6.45) is 1.84. The van der Waals surface area contributed by atoms with Gasteiger partial charge >= 0.3 is 0 Å². The second-order valence-corrected chi connectivity index (χ2v) is 9.96. The Hall–Kier alpha value is -2.78. The number of thiophene rings is 1. The Bertz CT molecular complexity index is 1410. The molecule has 0 bridgehead atoms. The third kappa shape index (κ3) is 2.92. The van der Waals surface area contributed by atoms with Crippen LogP contribution in [0.25, 0.3) is 42.9 Å². The van der Waals surface area contributed by atoms with Crippen molar-refractivity contribution in [2.24, 2.45) is 0 Å². The number of rotatable bonds is 1. The number of fused-ring (bicyclic) bond motifs is 4. The summed E-state index contributed by atoms with van der Waals surface area (Å²) < 4.78 is 15.6. The zero-order valence-corrected chi connectivity index (χ0v) is 17.8. The van der Waals surface area contributed by atoms with Crippen molar-refractivity contribution in [3.63, 3.8) is 0 Å². The molecule has 29 heavy (non-hydrogen) atoms. The van der Waals surface area contributed by atoms with Gasteiger partial charge in [0.15, 0.2) is 0 Å². The third-order valence-electron chi connectivity index (χ3n) is 5.57. The third-order valence-corrected chi connectivity index (χ3v) is 6.67. The van der Waals surface area contributed by atoms with Crippen molar-refractivity contribution in [2.75, 3.05) is 0 Å². The summed E-state index contributed by atoms with van der Waals surface area (Å²) in [5.41, 5.74) is 3.44. The van der Waals surface area contributed by atoms with Crippen LogP contribution in [0.3, 0.4) is 0 Å². The summed E-state index contributed by atoms with van der Waals surface area (Å²) in [7, 11) is 0. The minimum Gasteiger partial charge on any atom is -0.256 e. The predicted molar refractivity (Wildman–Crippen MR) is 123 cm³/mol. The second-order valence-electron chi connectivity index (χ2n) is 8.70. The average Bonchev–Trinajstić information content (AvgIpc) is 3.06. The molecule has 0 saturated carbocycles. The lowest BCUT2D eigenvalue weighted by Gasteiger charge is -2.21. The molecule has 1 nitrogen and oxygen atoms in total. The molecule has 0 unspecified atom stereocenters. The van der Waals surface area contributed by atoms with Crippen LogP contribution in [0.1, 0.15) is 31.2 Å². The molecule has 0 saturated heterocycles. The van der Waals surface area contributed by atoms with Gasteiger partial charge in [-0.2, -0.15) is 0 Å². The molecule has 5 aromatic rings. The van der Waals surface area contributed by atoms with Crippen LogP contribution in [0.2, 0.25) is 0 Å².